The summed E-state index contributed by atoms with van der Waals surface area (Å²) in [5, 5.41) is 17.7. The molecule has 104 valence electrons. The van der Waals surface area contributed by atoms with Gasteiger partial charge in [-0.1, -0.05) is 6.08 Å². The first-order valence-electron chi connectivity index (χ1n) is 5.75. The highest BCUT2D eigenvalue weighted by Gasteiger charge is 2.21. The van der Waals surface area contributed by atoms with Crippen molar-refractivity contribution < 1.29 is 24.5 Å². The van der Waals surface area contributed by atoms with E-state index >= 15 is 0 Å². The summed E-state index contributed by atoms with van der Waals surface area (Å²) in [6.45, 7) is 5.98. The largest absolute Gasteiger partial charge is 0.481 e. The molecule has 0 radical (unpaired) electrons. The zero-order chi connectivity index (χ0) is 14.4. The molecule has 1 aromatic heterocycles. The second kappa shape index (κ2) is 6.58. The standard InChI is InChI=1S/C12H16N2O5/c1-3-5-14-9(7-11(17)18)13-8(6-10(15)16)12(14)19-4-2/h3H,1,4-7H2,2H3,(H,15,16)(H,17,18). The van der Waals surface area contributed by atoms with Gasteiger partial charge in [0, 0.05) is 6.54 Å². The van der Waals surface area contributed by atoms with Crippen LogP contribution in [0.4, 0.5) is 0 Å². The van der Waals surface area contributed by atoms with Crippen LogP contribution in [0.2, 0.25) is 0 Å². The van der Waals surface area contributed by atoms with Gasteiger partial charge in [0.1, 0.15) is 17.9 Å². The molecule has 1 rings (SSSR count). The molecule has 0 unspecified atom stereocenters. The highest BCUT2D eigenvalue weighted by molar-refractivity contribution is 5.71. The smallest absolute Gasteiger partial charge is 0.311 e. The van der Waals surface area contributed by atoms with Gasteiger partial charge in [0.25, 0.3) is 0 Å². The van der Waals surface area contributed by atoms with E-state index in [1.807, 2.05) is 0 Å². The fourth-order valence-corrected chi connectivity index (χ4v) is 1.68. The van der Waals surface area contributed by atoms with Crippen molar-refractivity contribution in [3.8, 4) is 5.88 Å². The van der Waals surface area contributed by atoms with Crippen LogP contribution >= 0.6 is 0 Å². The highest BCUT2D eigenvalue weighted by atomic mass is 16.5. The van der Waals surface area contributed by atoms with Crippen LogP contribution in [0, 0.1) is 0 Å². The maximum absolute atomic E-state index is 10.8. The molecular formula is C12H16N2O5. The number of aromatic nitrogens is 2. The summed E-state index contributed by atoms with van der Waals surface area (Å²) < 4.78 is 6.91. The monoisotopic (exact) mass is 268 g/mol. The van der Waals surface area contributed by atoms with E-state index < -0.39 is 11.9 Å². The van der Waals surface area contributed by atoms with Gasteiger partial charge in [0.15, 0.2) is 0 Å². The average molecular weight is 268 g/mol. The molecule has 0 aromatic carbocycles. The first kappa shape index (κ1) is 14.7. The van der Waals surface area contributed by atoms with Gasteiger partial charge in [-0.3, -0.25) is 14.2 Å². The zero-order valence-electron chi connectivity index (χ0n) is 10.6. The molecule has 0 atom stereocenters. The summed E-state index contributed by atoms with van der Waals surface area (Å²) in [7, 11) is 0. The lowest BCUT2D eigenvalue weighted by atomic mass is 10.3. The molecule has 0 spiro atoms. The maximum Gasteiger partial charge on any atom is 0.311 e. The molecule has 7 nitrogen and oxygen atoms in total. The Labute approximate surface area is 110 Å². The predicted molar refractivity (Wildman–Crippen MR) is 66.3 cm³/mol. The van der Waals surface area contributed by atoms with Crippen LogP contribution in [-0.2, 0) is 29.0 Å². The van der Waals surface area contributed by atoms with Crippen LogP contribution in [0.3, 0.4) is 0 Å². The molecule has 0 aliphatic carbocycles. The molecule has 2 N–H and O–H groups in total. The molecule has 0 aliphatic heterocycles. The van der Waals surface area contributed by atoms with Crippen LogP contribution < -0.4 is 4.74 Å². The fraction of sp³-hybridized carbons (Fsp3) is 0.417. The first-order valence-corrected chi connectivity index (χ1v) is 5.75. The van der Waals surface area contributed by atoms with Gasteiger partial charge < -0.3 is 14.9 Å². The molecular weight excluding hydrogens is 252 g/mol. The van der Waals surface area contributed by atoms with Crippen LogP contribution in [0.15, 0.2) is 12.7 Å². The summed E-state index contributed by atoms with van der Waals surface area (Å²) in [5.74, 6) is -1.54. The second-order valence-corrected chi connectivity index (χ2v) is 3.75. The van der Waals surface area contributed by atoms with Gasteiger partial charge in [-0.2, -0.15) is 0 Å². The summed E-state index contributed by atoms with van der Waals surface area (Å²) in [6, 6.07) is 0. The SMILES string of the molecule is C=CCn1c(CC(=O)O)nc(CC(=O)O)c1OCC. The topological polar surface area (TPSA) is 102 Å². The Morgan fingerprint density at radius 1 is 1.37 bits per heavy atom. The highest BCUT2D eigenvalue weighted by Crippen LogP contribution is 2.22. The van der Waals surface area contributed by atoms with Crippen molar-refractivity contribution in [3.63, 3.8) is 0 Å². The number of carboxylic acid groups (broad SMARTS) is 2. The Hall–Kier alpha value is -2.31. The number of aliphatic carboxylic acids is 2. The minimum Gasteiger partial charge on any atom is -0.481 e. The minimum atomic E-state index is -1.05. The molecule has 1 aromatic rings. The summed E-state index contributed by atoms with van der Waals surface area (Å²) >= 11 is 0. The summed E-state index contributed by atoms with van der Waals surface area (Å²) in [6.07, 6.45) is 0.958. The number of allylic oxidation sites excluding steroid dienone is 1. The number of nitrogens with zero attached hydrogens (tertiary/aromatic N) is 2. The van der Waals surface area contributed by atoms with Gasteiger partial charge in [0.05, 0.1) is 13.0 Å². The van der Waals surface area contributed by atoms with E-state index in [2.05, 4.69) is 11.6 Å². The number of hydrogen-bond acceptors (Lipinski definition) is 4. The van der Waals surface area contributed by atoms with Crippen molar-refractivity contribution in [3.05, 3.63) is 24.2 Å². The van der Waals surface area contributed by atoms with E-state index in [-0.39, 0.29) is 24.4 Å². The Bertz CT molecular complexity index is 493. The van der Waals surface area contributed by atoms with Gasteiger partial charge >= 0.3 is 11.9 Å². The van der Waals surface area contributed by atoms with Crippen molar-refractivity contribution in [2.24, 2.45) is 0 Å². The Balaban J connectivity index is 3.24. The van der Waals surface area contributed by atoms with Crippen LogP contribution in [0.25, 0.3) is 0 Å². The van der Waals surface area contributed by atoms with Gasteiger partial charge in [-0.05, 0) is 6.92 Å². The molecule has 19 heavy (non-hydrogen) atoms. The molecule has 0 fully saturated rings. The molecule has 1 heterocycles. The maximum atomic E-state index is 10.8. The lowest BCUT2D eigenvalue weighted by Crippen LogP contribution is -2.10. The van der Waals surface area contributed by atoms with Gasteiger partial charge in [-0.15, -0.1) is 6.58 Å². The third kappa shape index (κ3) is 3.84. The lowest BCUT2D eigenvalue weighted by Gasteiger charge is -2.09. The fourth-order valence-electron chi connectivity index (χ4n) is 1.68. The van der Waals surface area contributed by atoms with Crippen LogP contribution in [0.1, 0.15) is 18.4 Å². The number of imidazole rings is 1. The van der Waals surface area contributed by atoms with Crippen molar-refractivity contribution in [2.45, 2.75) is 26.3 Å². The van der Waals surface area contributed by atoms with Crippen LogP contribution in [-0.4, -0.2) is 38.3 Å². The van der Waals surface area contributed by atoms with E-state index in [0.717, 1.165) is 0 Å². The minimum absolute atomic E-state index is 0.229. The van der Waals surface area contributed by atoms with E-state index in [1.54, 1.807) is 13.0 Å². The van der Waals surface area contributed by atoms with Gasteiger partial charge in [-0.25, -0.2) is 4.98 Å². The normalized spacial score (nSPS) is 10.2. The zero-order valence-corrected chi connectivity index (χ0v) is 10.6. The predicted octanol–water partition coefficient (Wildman–Crippen LogP) is 0.722. The van der Waals surface area contributed by atoms with E-state index in [4.69, 9.17) is 14.9 Å². The molecule has 0 saturated carbocycles. The molecule has 0 aliphatic rings. The molecule has 0 saturated heterocycles. The van der Waals surface area contributed by atoms with Gasteiger partial charge in [0.2, 0.25) is 5.88 Å². The van der Waals surface area contributed by atoms with E-state index in [1.165, 1.54) is 4.57 Å². The van der Waals surface area contributed by atoms with E-state index in [9.17, 15) is 9.59 Å². The Morgan fingerprint density at radius 2 is 2.00 bits per heavy atom. The summed E-state index contributed by atoms with van der Waals surface area (Å²) in [4.78, 5) is 25.6. The quantitative estimate of drug-likeness (QED) is 0.674. The van der Waals surface area contributed by atoms with Crippen molar-refractivity contribution in [1.29, 1.82) is 0 Å². The van der Waals surface area contributed by atoms with Crippen molar-refractivity contribution >= 4 is 11.9 Å². The number of rotatable bonds is 8. The lowest BCUT2D eigenvalue weighted by molar-refractivity contribution is -0.137. The number of ether oxygens (including phenoxy) is 1. The Kier molecular flexibility index (Phi) is 5.11. The number of carbonyl (C=O) groups is 2. The third-order valence-electron chi connectivity index (χ3n) is 2.29. The Morgan fingerprint density at radius 3 is 2.47 bits per heavy atom. The molecule has 7 heteroatoms. The van der Waals surface area contributed by atoms with Crippen molar-refractivity contribution in [1.82, 2.24) is 9.55 Å². The van der Waals surface area contributed by atoms with Crippen molar-refractivity contribution in [2.75, 3.05) is 6.61 Å². The number of carboxylic acids is 2. The average Bonchev–Trinajstić information content (AvgIpc) is 2.57. The van der Waals surface area contributed by atoms with E-state index in [0.29, 0.717) is 19.0 Å². The molecule has 0 bridgehead atoms. The summed E-state index contributed by atoms with van der Waals surface area (Å²) in [5.41, 5.74) is 0.229. The first-order chi connectivity index (χ1) is 8.99. The molecule has 0 amide bonds. The third-order valence-corrected chi connectivity index (χ3v) is 2.29. The van der Waals surface area contributed by atoms with Crippen LogP contribution in [0.5, 0.6) is 5.88 Å². The number of hydrogen-bond donors (Lipinski definition) is 2. The second-order valence-electron chi connectivity index (χ2n) is 3.75.